The first-order valence-electron chi connectivity index (χ1n) is 27.1. The maximum atomic E-state index is 5.56. The fourth-order valence-electron chi connectivity index (χ4n) is 8.92. The van der Waals surface area contributed by atoms with E-state index >= 15 is 0 Å². The zero-order valence-electron chi connectivity index (χ0n) is 41.7. The van der Waals surface area contributed by atoms with Gasteiger partial charge in [0.25, 0.3) is 0 Å². The van der Waals surface area contributed by atoms with E-state index in [9.17, 15) is 0 Å². The molecule has 0 aromatic heterocycles. The monoisotopic (exact) mass is 837 g/mol. The topological polar surface area (TPSA) is 24.7 Å². The first kappa shape index (κ1) is 54.7. The normalized spacial score (nSPS) is 12.4. The molecular formula is C59H100N2. The molecule has 0 heterocycles. The van der Waals surface area contributed by atoms with Crippen molar-refractivity contribution in [3.8, 4) is 0 Å². The van der Waals surface area contributed by atoms with Gasteiger partial charge in [-0.05, 0) is 117 Å². The number of unbranched alkanes of at least 4 members (excludes halogenated alkanes) is 26. The van der Waals surface area contributed by atoms with Gasteiger partial charge in [-0.25, -0.2) is 4.99 Å². The summed E-state index contributed by atoms with van der Waals surface area (Å²) in [5.41, 5.74) is 10.2. The largest absolute Gasteiger partial charge is 0.251 e. The highest BCUT2D eigenvalue weighted by Crippen LogP contribution is 2.26. The van der Waals surface area contributed by atoms with Crippen molar-refractivity contribution in [1.29, 1.82) is 0 Å². The van der Waals surface area contributed by atoms with Crippen molar-refractivity contribution in [3.63, 3.8) is 0 Å². The molecule has 0 saturated heterocycles. The minimum absolute atomic E-state index is 0.970. The number of benzene rings is 2. The van der Waals surface area contributed by atoms with Crippen LogP contribution in [-0.4, -0.2) is 11.4 Å². The van der Waals surface area contributed by atoms with Crippen LogP contribution in [0.4, 0.5) is 11.4 Å². The van der Waals surface area contributed by atoms with Gasteiger partial charge in [0.05, 0.1) is 22.8 Å². The highest BCUT2D eigenvalue weighted by atomic mass is 14.8. The van der Waals surface area contributed by atoms with E-state index in [1.807, 2.05) is 0 Å². The molecule has 2 rings (SSSR count). The number of aliphatic imine (C=N–C) groups is 2. The van der Waals surface area contributed by atoms with E-state index in [0.29, 0.717) is 0 Å². The molecule has 0 spiro atoms. The molecule has 0 bridgehead atoms. The number of nitrogens with zero attached hydrogens (tertiary/aromatic N) is 2. The average molecular weight is 837 g/mol. The molecule has 0 aliphatic carbocycles. The summed E-state index contributed by atoms with van der Waals surface area (Å²) in [6, 6.07) is 14.4. The van der Waals surface area contributed by atoms with Gasteiger partial charge in [0.15, 0.2) is 0 Å². The van der Waals surface area contributed by atoms with E-state index < -0.39 is 0 Å². The standard InChI is InChI=1S/C59H100N2/c1-7-13-17-18-19-20-21-22-23-24-25-26-27-28-29-30-31-32-33-34-35-39-45-59(60-56-48-52(40-11-5)46-53(49-56)41-12-6)58(44-38-16-10-4)61-57-50-54(42-36-14-8-2)47-55(51-57)43-37-15-9-3/h39,45-51H,7-38,40-44H2,1-6H3. The van der Waals surface area contributed by atoms with Gasteiger partial charge in [0.2, 0.25) is 0 Å². The molecule has 0 aliphatic heterocycles. The molecule has 0 N–H and O–H groups in total. The van der Waals surface area contributed by atoms with Crippen molar-refractivity contribution in [2.45, 2.75) is 279 Å². The molecule has 346 valence electrons. The molecule has 2 heteroatoms. The second-order valence-electron chi connectivity index (χ2n) is 18.9. The van der Waals surface area contributed by atoms with Gasteiger partial charge in [0, 0.05) is 0 Å². The van der Waals surface area contributed by atoms with E-state index in [-0.39, 0.29) is 0 Å². The fraction of sp³-hybridized carbons (Fsp3) is 0.729. The Morgan fingerprint density at radius 3 is 1.10 bits per heavy atom. The van der Waals surface area contributed by atoms with Gasteiger partial charge in [-0.1, -0.05) is 233 Å². The molecule has 0 unspecified atom stereocenters. The number of hydrogen-bond donors (Lipinski definition) is 0. The predicted molar refractivity (Wildman–Crippen MR) is 277 cm³/mol. The van der Waals surface area contributed by atoms with Gasteiger partial charge >= 0.3 is 0 Å². The quantitative estimate of drug-likeness (QED) is 0.0471. The van der Waals surface area contributed by atoms with Crippen LogP contribution in [-0.2, 0) is 25.7 Å². The van der Waals surface area contributed by atoms with E-state index in [4.69, 9.17) is 9.98 Å². The summed E-state index contributed by atoms with van der Waals surface area (Å²) in [6.45, 7) is 13.8. The zero-order chi connectivity index (χ0) is 43.9. The summed E-state index contributed by atoms with van der Waals surface area (Å²) in [5, 5.41) is 0. The molecule has 61 heavy (non-hydrogen) atoms. The van der Waals surface area contributed by atoms with Gasteiger partial charge in [-0.3, -0.25) is 4.99 Å². The fourth-order valence-corrected chi connectivity index (χ4v) is 8.92. The minimum atomic E-state index is 0.970. The lowest BCUT2D eigenvalue weighted by Crippen LogP contribution is -2.12. The summed E-state index contributed by atoms with van der Waals surface area (Å²) < 4.78 is 0. The summed E-state index contributed by atoms with van der Waals surface area (Å²) in [7, 11) is 0. The van der Waals surface area contributed by atoms with Crippen molar-refractivity contribution < 1.29 is 0 Å². The summed E-state index contributed by atoms with van der Waals surface area (Å²) in [6.07, 6.45) is 53.4. The van der Waals surface area contributed by atoms with Crippen molar-refractivity contribution in [3.05, 3.63) is 70.8 Å². The molecule has 2 aromatic carbocycles. The van der Waals surface area contributed by atoms with Crippen molar-refractivity contribution in [2.75, 3.05) is 0 Å². The maximum absolute atomic E-state index is 5.56. The minimum Gasteiger partial charge on any atom is -0.251 e. The van der Waals surface area contributed by atoms with Crippen LogP contribution in [0.15, 0.2) is 58.5 Å². The Balaban J connectivity index is 2.06. The molecule has 0 aliphatic rings. The molecule has 0 radical (unpaired) electrons. The molecule has 2 nitrogen and oxygen atoms in total. The first-order valence-corrected chi connectivity index (χ1v) is 27.1. The predicted octanol–water partition coefficient (Wildman–Crippen LogP) is 20.3. The summed E-state index contributed by atoms with van der Waals surface area (Å²) in [5.74, 6) is 0. The van der Waals surface area contributed by atoms with Gasteiger partial charge in [-0.2, -0.15) is 0 Å². The molecular weight excluding hydrogens is 737 g/mol. The maximum Gasteiger partial charge on any atom is 0.0848 e. The highest BCUT2D eigenvalue weighted by molar-refractivity contribution is 6.47. The van der Waals surface area contributed by atoms with Crippen LogP contribution in [0.25, 0.3) is 0 Å². The van der Waals surface area contributed by atoms with Crippen LogP contribution in [0, 0.1) is 0 Å². The van der Waals surface area contributed by atoms with Crippen LogP contribution < -0.4 is 0 Å². The van der Waals surface area contributed by atoms with Crippen molar-refractivity contribution in [2.24, 2.45) is 9.98 Å². The smallest absolute Gasteiger partial charge is 0.0848 e. The highest BCUT2D eigenvalue weighted by Gasteiger charge is 2.11. The van der Waals surface area contributed by atoms with Crippen LogP contribution in [0.1, 0.15) is 276 Å². The SMILES string of the molecule is CCCCCCCCCCCCCCCCCCCCCCC=CC(=Nc1cc(CCC)cc(CCC)c1)C(CCCCC)=Nc1cc(CCCCC)cc(CCCCC)c1. The van der Waals surface area contributed by atoms with Crippen LogP contribution >= 0.6 is 0 Å². The number of aryl methyl sites for hydroxylation is 4. The first-order chi connectivity index (χ1) is 30.1. The van der Waals surface area contributed by atoms with Gasteiger partial charge in [0.1, 0.15) is 0 Å². The average Bonchev–Trinajstić information content (AvgIpc) is 3.25. The second-order valence-corrected chi connectivity index (χ2v) is 18.9. The van der Waals surface area contributed by atoms with Crippen molar-refractivity contribution >= 4 is 22.8 Å². The Labute approximate surface area is 381 Å². The Kier molecular flexibility index (Phi) is 35.1. The lowest BCUT2D eigenvalue weighted by Gasteiger charge is -2.12. The molecule has 0 amide bonds. The molecule has 0 fully saturated rings. The number of rotatable bonds is 41. The third-order valence-corrected chi connectivity index (χ3v) is 12.6. The molecule has 0 saturated carbocycles. The van der Waals surface area contributed by atoms with Gasteiger partial charge in [-0.15, -0.1) is 0 Å². The Hall–Kier alpha value is -2.48. The Morgan fingerprint density at radius 2 is 0.689 bits per heavy atom. The number of hydrogen-bond acceptors (Lipinski definition) is 2. The van der Waals surface area contributed by atoms with E-state index in [1.165, 1.54) is 202 Å². The lowest BCUT2D eigenvalue weighted by molar-refractivity contribution is 0.522. The lowest BCUT2D eigenvalue weighted by atomic mass is 9.99. The van der Waals surface area contributed by atoms with E-state index in [2.05, 4.69) is 90.1 Å². The van der Waals surface area contributed by atoms with Gasteiger partial charge < -0.3 is 0 Å². The summed E-state index contributed by atoms with van der Waals surface area (Å²) in [4.78, 5) is 11.1. The van der Waals surface area contributed by atoms with E-state index in [0.717, 1.165) is 80.6 Å². The Bertz CT molecular complexity index is 1360. The van der Waals surface area contributed by atoms with Crippen molar-refractivity contribution in [1.82, 2.24) is 0 Å². The van der Waals surface area contributed by atoms with E-state index in [1.54, 1.807) is 0 Å². The third-order valence-electron chi connectivity index (χ3n) is 12.6. The molecule has 2 aromatic rings. The van der Waals surface area contributed by atoms with Crippen LogP contribution in [0.5, 0.6) is 0 Å². The Morgan fingerprint density at radius 1 is 0.344 bits per heavy atom. The van der Waals surface area contributed by atoms with Crippen LogP contribution in [0.2, 0.25) is 0 Å². The second kappa shape index (κ2) is 39.1. The number of allylic oxidation sites excluding steroid dienone is 2. The summed E-state index contributed by atoms with van der Waals surface area (Å²) >= 11 is 0. The third kappa shape index (κ3) is 28.8. The van der Waals surface area contributed by atoms with Crippen LogP contribution in [0.3, 0.4) is 0 Å². The zero-order valence-corrected chi connectivity index (χ0v) is 41.7. The molecule has 0 atom stereocenters.